The number of benzene rings is 1. The van der Waals surface area contributed by atoms with Crippen molar-refractivity contribution in [3.63, 3.8) is 0 Å². The molecule has 0 atom stereocenters. The average Bonchev–Trinajstić information content (AvgIpc) is 2.01. The van der Waals surface area contributed by atoms with E-state index in [-0.39, 0.29) is 5.56 Å². The summed E-state index contributed by atoms with van der Waals surface area (Å²) in [5, 5.41) is 8.87. The van der Waals surface area contributed by atoms with Gasteiger partial charge in [0, 0.05) is 0 Å². The van der Waals surface area contributed by atoms with Gasteiger partial charge in [0.2, 0.25) is 0 Å². The first-order valence-corrected chi connectivity index (χ1v) is 7.27. The molecule has 1 aromatic carbocycles. The molecule has 2 N–H and O–H groups in total. The van der Waals surface area contributed by atoms with Crippen molar-refractivity contribution >= 4 is 51.2 Å². The molecule has 0 fully saturated rings. The van der Waals surface area contributed by atoms with Crippen molar-refractivity contribution in [3.05, 3.63) is 28.4 Å². The minimum absolute atomic E-state index is 0.247. The quantitative estimate of drug-likeness (QED) is 0.484. The first kappa shape index (κ1) is 11.9. The zero-order valence-electron chi connectivity index (χ0n) is 6.09. The van der Waals surface area contributed by atoms with Crippen LogP contribution in [-0.2, 0) is 0 Å². The molecule has 0 heterocycles. The summed E-state index contributed by atoms with van der Waals surface area (Å²) in [6.45, 7) is 0. The van der Waals surface area contributed by atoms with Crippen molar-refractivity contribution in [1.29, 1.82) is 0 Å². The van der Waals surface area contributed by atoms with Gasteiger partial charge in [0.1, 0.15) is 0 Å². The Hall–Kier alpha value is 0.840. The monoisotopic (exact) mass is 517 g/mol. The third-order valence-electron chi connectivity index (χ3n) is 1.31. The topological polar surface area (TPSA) is 57.5 Å². The SMILES string of the molecule is O=C(O)c1c(I)cc(I)cc1[I-]O. The number of rotatable bonds is 2. The summed E-state index contributed by atoms with van der Waals surface area (Å²) < 4.78 is 11.3. The van der Waals surface area contributed by atoms with Gasteiger partial charge in [-0.2, -0.15) is 0 Å². The molecule has 0 saturated heterocycles. The molecule has 1 aromatic rings. The first-order valence-electron chi connectivity index (χ1n) is 3.07. The molecule has 13 heavy (non-hydrogen) atoms. The Bertz CT molecular complexity index is 351. The Morgan fingerprint density at radius 3 is 2.46 bits per heavy atom. The molecule has 6 heteroatoms. The predicted octanol–water partition coefficient (Wildman–Crippen LogP) is -1.24. The van der Waals surface area contributed by atoms with Crippen LogP contribution in [0, 0.1) is 10.7 Å². The summed E-state index contributed by atoms with van der Waals surface area (Å²) in [6.07, 6.45) is 0. The summed E-state index contributed by atoms with van der Waals surface area (Å²) in [4.78, 5) is 10.8. The molecule has 0 radical (unpaired) electrons. The molecule has 0 amide bonds. The van der Waals surface area contributed by atoms with Gasteiger partial charge in [0.25, 0.3) is 0 Å². The summed E-state index contributed by atoms with van der Waals surface area (Å²) >= 11 is 2.90. The van der Waals surface area contributed by atoms with E-state index < -0.39 is 27.6 Å². The van der Waals surface area contributed by atoms with Crippen LogP contribution < -0.4 is 21.6 Å². The Balaban J connectivity index is 3.38. The predicted molar refractivity (Wildman–Crippen MR) is 59.8 cm³/mol. The van der Waals surface area contributed by atoms with Crippen molar-refractivity contribution in [1.82, 2.24) is 0 Å². The Morgan fingerprint density at radius 1 is 1.38 bits per heavy atom. The Labute approximate surface area is 113 Å². The van der Waals surface area contributed by atoms with Gasteiger partial charge in [-0.25, -0.2) is 0 Å². The van der Waals surface area contributed by atoms with Crippen molar-refractivity contribution in [2.45, 2.75) is 0 Å². The Morgan fingerprint density at radius 2 is 2.00 bits per heavy atom. The van der Waals surface area contributed by atoms with Crippen LogP contribution in [0.15, 0.2) is 12.1 Å². The standard InChI is InChI=1S/C7H4I3O3/c8-3-1-4(9)6(7(11)12)5(2-3)10-13/h1-2,13H,(H,11,12)/q-1. The van der Waals surface area contributed by atoms with Crippen LogP contribution in [0.2, 0.25) is 0 Å². The summed E-state index contributed by atoms with van der Waals surface area (Å²) in [6, 6.07) is 3.51. The third kappa shape index (κ3) is 2.89. The first-order chi connectivity index (χ1) is 6.06. The second-order valence-corrected chi connectivity index (χ2v) is 6.19. The zero-order valence-corrected chi connectivity index (χ0v) is 12.6. The number of carbonyl (C=O) groups is 1. The van der Waals surface area contributed by atoms with Crippen LogP contribution in [0.25, 0.3) is 0 Å². The number of hydrogen-bond donors (Lipinski definition) is 2. The molecule has 1 rings (SSSR count). The molecule has 0 aliphatic rings. The van der Waals surface area contributed by atoms with Crippen molar-refractivity contribution in [2.75, 3.05) is 0 Å². The molecule has 0 unspecified atom stereocenters. The maximum atomic E-state index is 10.8. The fraction of sp³-hybridized carbons (Fsp3) is 0. The fourth-order valence-electron chi connectivity index (χ4n) is 0.813. The molecular weight excluding hydrogens is 513 g/mol. The molecule has 0 aliphatic heterocycles. The van der Waals surface area contributed by atoms with Crippen LogP contribution in [-0.4, -0.2) is 14.5 Å². The molecule has 0 spiro atoms. The number of hydrogen-bond acceptors (Lipinski definition) is 2. The van der Waals surface area contributed by atoms with Crippen LogP contribution in [0.3, 0.4) is 0 Å². The number of carboxylic acids is 1. The van der Waals surface area contributed by atoms with Gasteiger partial charge < -0.3 is 0 Å². The number of halogens is 3. The molecular formula is C7H4I3O3-. The van der Waals surface area contributed by atoms with Crippen molar-refractivity contribution in [2.24, 2.45) is 0 Å². The average molecular weight is 517 g/mol. The van der Waals surface area contributed by atoms with Crippen LogP contribution >= 0.6 is 45.2 Å². The van der Waals surface area contributed by atoms with Gasteiger partial charge in [-0.1, -0.05) is 0 Å². The van der Waals surface area contributed by atoms with Crippen LogP contribution in [0.4, 0.5) is 0 Å². The number of aromatic carboxylic acids is 1. The van der Waals surface area contributed by atoms with Gasteiger partial charge in [0.15, 0.2) is 0 Å². The maximum absolute atomic E-state index is 10.8. The summed E-state index contributed by atoms with van der Waals surface area (Å²) in [5.41, 5.74) is 0.247. The van der Waals surface area contributed by atoms with E-state index in [9.17, 15) is 4.79 Å². The summed E-state index contributed by atoms with van der Waals surface area (Å²) in [5.74, 6) is -0.968. The molecule has 0 saturated carbocycles. The number of carboxylic acid groups (broad SMARTS) is 1. The van der Waals surface area contributed by atoms with E-state index in [1.165, 1.54) is 0 Å². The molecule has 0 aliphatic carbocycles. The van der Waals surface area contributed by atoms with E-state index >= 15 is 0 Å². The zero-order chi connectivity index (χ0) is 10.0. The normalized spacial score (nSPS) is 10.4. The van der Waals surface area contributed by atoms with Gasteiger partial charge in [-0.05, 0) is 0 Å². The molecule has 3 nitrogen and oxygen atoms in total. The van der Waals surface area contributed by atoms with E-state index in [2.05, 4.69) is 22.6 Å². The van der Waals surface area contributed by atoms with Gasteiger partial charge in [0.05, 0.1) is 0 Å². The fourth-order valence-corrected chi connectivity index (χ4v) is 5.24. The van der Waals surface area contributed by atoms with Gasteiger partial charge in [-0.15, -0.1) is 0 Å². The molecule has 0 bridgehead atoms. The van der Waals surface area contributed by atoms with Crippen LogP contribution in [0.1, 0.15) is 10.4 Å². The van der Waals surface area contributed by atoms with E-state index in [0.29, 0.717) is 7.14 Å². The van der Waals surface area contributed by atoms with E-state index in [0.717, 1.165) is 3.57 Å². The van der Waals surface area contributed by atoms with E-state index in [4.69, 9.17) is 8.54 Å². The minimum atomic E-state index is -1.17. The molecule has 0 aromatic heterocycles. The third-order valence-corrected chi connectivity index (χ3v) is 4.16. The second-order valence-electron chi connectivity index (χ2n) is 2.13. The second kappa shape index (κ2) is 5.07. The Kier molecular flexibility index (Phi) is 4.65. The van der Waals surface area contributed by atoms with E-state index in [1.807, 2.05) is 22.6 Å². The van der Waals surface area contributed by atoms with E-state index in [1.54, 1.807) is 12.1 Å². The van der Waals surface area contributed by atoms with Crippen LogP contribution in [0.5, 0.6) is 0 Å². The van der Waals surface area contributed by atoms with Gasteiger partial charge >= 0.3 is 115 Å². The van der Waals surface area contributed by atoms with Crippen molar-refractivity contribution in [3.8, 4) is 0 Å². The summed E-state index contributed by atoms with van der Waals surface area (Å²) in [7, 11) is 0. The van der Waals surface area contributed by atoms with Crippen molar-refractivity contribution < 1.29 is 35.0 Å². The molecule has 72 valence electrons. The van der Waals surface area contributed by atoms with Gasteiger partial charge in [-0.3, -0.25) is 0 Å².